The van der Waals surface area contributed by atoms with Gasteiger partial charge in [-0.25, -0.2) is 0 Å². The second kappa shape index (κ2) is 51.2. The minimum Gasteiger partial charge on any atom is -0.462 e. The van der Waals surface area contributed by atoms with E-state index in [1.54, 1.807) is 0 Å². The molecule has 0 amide bonds. The Balaban J connectivity index is 4.47. The fraction of sp³-hybridized carbons (Fsp3) is 0.702. The van der Waals surface area contributed by atoms with E-state index >= 15 is 0 Å². The van der Waals surface area contributed by atoms with Gasteiger partial charge in [-0.1, -0.05) is 215 Å². The minimum absolute atomic E-state index is 0.119. The topological polar surface area (TPSA) is 78.9 Å². The summed E-state index contributed by atoms with van der Waals surface area (Å²) in [5, 5.41) is 0. The number of rotatable bonds is 46. The summed E-state index contributed by atoms with van der Waals surface area (Å²) < 4.78 is 16.7. The average molecular weight is 877 g/mol. The maximum Gasteiger partial charge on any atom is 0.306 e. The lowest BCUT2D eigenvalue weighted by molar-refractivity contribution is -0.166. The quantitative estimate of drug-likeness (QED) is 0.0262. The SMILES string of the molecule is CC/C=C/C/C=C/C/C=C/CCCCCCCCCCCC(=O)OCC(COC(=O)CC/C=C/C/C=C/CCCCCCCC)OC(=O)CC/C=C/C/C=C/CCCCCCCC. The molecule has 0 aliphatic rings. The molecule has 0 N–H and O–H groups in total. The second-order valence-corrected chi connectivity index (χ2v) is 17.0. The van der Waals surface area contributed by atoms with E-state index in [1.807, 2.05) is 12.2 Å². The molecule has 0 aromatic carbocycles. The summed E-state index contributed by atoms with van der Waals surface area (Å²) >= 11 is 0. The predicted molar refractivity (Wildman–Crippen MR) is 270 cm³/mol. The van der Waals surface area contributed by atoms with Crippen LogP contribution in [0.1, 0.15) is 239 Å². The van der Waals surface area contributed by atoms with E-state index < -0.39 is 12.1 Å². The normalized spacial score (nSPS) is 12.7. The summed E-state index contributed by atoms with van der Waals surface area (Å²) in [6, 6.07) is 0. The van der Waals surface area contributed by atoms with Gasteiger partial charge < -0.3 is 14.2 Å². The zero-order valence-electron chi connectivity index (χ0n) is 41.1. The summed E-state index contributed by atoms with van der Waals surface area (Å²) in [6.45, 7) is 6.40. The van der Waals surface area contributed by atoms with Crippen molar-refractivity contribution < 1.29 is 28.6 Å². The van der Waals surface area contributed by atoms with Crippen molar-refractivity contribution in [2.75, 3.05) is 13.2 Å². The lowest BCUT2D eigenvalue weighted by atomic mass is 10.1. The van der Waals surface area contributed by atoms with Gasteiger partial charge in [-0.2, -0.15) is 0 Å². The number of hydrogen-bond donors (Lipinski definition) is 0. The van der Waals surface area contributed by atoms with E-state index in [0.29, 0.717) is 19.3 Å². The van der Waals surface area contributed by atoms with Crippen molar-refractivity contribution in [3.63, 3.8) is 0 Å². The van der Waals surface area contributed by atoms with Crippen LogP contribution in [0.3, 0.4) is 0 Å². The maximum atomic E-state index is 12.7. The summed E-state index contributed by atoms with van der Waals surface area (Å²) in [5.41, 5.74) is 0. The molecule has 0 aliphatic heterocycles. The van der Waals surface area contributed by atoms with Crippen LogP contribution in [0.2, 0.25) is 0 Å². The summed E-state index contributed by atoms with van der Waals surface area (Å²) in [5.74, 6) is -1.06. The zero-order chi connectivity index (χ0) is 45.8. The van der Waals surface area contributed by atoms with Crippen LogP contribution in [0.25, 0.3) is 0 Å². The van der Waals surface area contributed by atoms with Gasteiger partial charge >= 0.3 is 17.9 Å². The van der Waals surface area contributed by atoms with Crippen LogP contribution >= 0.6 is 0 Å². The number of carbonyl (C=O) groups excluding carboxylic acids is 3. The second-order valence-electron chi connectivity index (χ2n) is 17.0. The Morgan fingerprint density at radius 3 is 1.06 bits per heavy atom. The molecule has 0 radical (unpaired) electrons. The third-order valence-electron chi connectivity index (χ3n) is 10.9. The molecule has 6 nitrogen and oxygen atoms in total. The predicted octanol–water partition coefficient (Wildman–Crippen LogP) is 17.2. The van der Waals surface area contributed by atoms with Crippen LogP contribution in [0.15, 0.2) is 85.1 Å². The molecule has 0 spiro atoms. The van der Waals surface area contributed by atoms with Crippen molar-refractivity contribution in [2.24, 2.45) is 0 Å². The number of esters is 3. The molecule has 0 aromatic heterocycles. The van der Waals surface area contributed by atoms with E-state index in [-0.39, 0.29) is 38.0 Å². The Morgan fingerprint density at radius 2 is 0.651 bits per heavy atom. The molecule has 0 aromatic rings. The fourth-order valence-corrected chi connectivity index (χ4v) is 6.97. The molecule has 1 unspecified atom stereocenters. The number of allylic oxidation sites excluding steroid dienone is 14. The van der Waals surface area contributed by atoms with E-state index in [1.165, 1.54) is 122 Å². The first-order chi connectivity index (χ1) is 31.0. The van der Waals surface area contributed by atoms with Gasteiger partial charge in [-0.3, -0.25) is 14.4 Å². The van der Waals surface area contributed by atoms with Crippen LogP contribution < -0.4 is 0 Å². The highest BCUT2D eigenvalue weighted by Gasteiger charge is 2.19. The third kappa shape index (κ3) is 49.5. The van der Waals surface area contributed by atoms with Crippen LogP contribution in [0, 0.1) is 0 Å². The molecule has 0 rings (SSSR count). The largest absolute Gasteiger partial charge is 0.462 e. The first-order valence-electron chi connectivity index (χ1n) is 26.1. The standard InChI is InChI=1S/C57H96O6/c1-4-7-10-13-16-19-22-25-26-27-28-29-30-33-35-38-41-44-47-50-56(59)62-53-54(63-57(60)51-48-45-42-39-36-32-24-21-18-15-12-9-6-3)52-61-55(58)49-46-43-40-37-34-31-23-20-17-14-11-8-5-2/h7,10,16,19,25-26,31-32,34,36,40,42-43,45,54H,4-6,8-9,11-15,17-18,20-24,27-30,33,35,37-39,41,44,46-53H2,1-3H3/b10-7+,19-16+,26-25+,34-31+,36-32+,43-40+,45-42+. The Morgan fingerprint density at radius 1 is 0.333 bits per heavy atom. The molecule has 0 bridgehead atoms. The molecule has 0 fully saturated rings. The van der Waals surface area contributed by atoms with Gasteiger partial charge in [-0.15, -0.1) is 0 Å². The van der Waals surface area contributed by atoms with Gasteiger partial charge in [0.2, 0.25) is 0 Å². The van der Waals surface area contributed by atoms with Crippen molar-refractivity contribution in [3.05, 3.63) is 85.1 Å². The number of ether oxygens (including phenoxy) is 3. The molecule has 0 saturated heterocycles. The van der Waals surface area contributed by atoms with E-state index in [2.05, 4.69) is 93.7 Å². The summed E-state index contributed by atoms with van der Waals surface area (Å²) in [6.07, 6.45) is 65.9. The van der Waals surface area contributed by atoms with Crippen molar-refractivity contribution in [3.8, 4) is 0 Å². The molecule has 1 atom stereocenters. The number of unbranched alkanes of at least 4 members (excludes halogenated alkanes) is 21. The monoisotopic (exact) mass is 877 g/mol. The van der Waals surface area contributed by atoms with Gasteiger partial charge in [0, 0.05) is 19.3 Å². The van der Waals surface area contributed by atoms with Crippen molar-refractivity contribution in [1.29, 1.82) is 0 Å². The van der Waals surface area contributed by atoms with Crippen molar-refractivity contribution in [1.82, 2.24) is 0 Å². The molecule has 0 heterocycles. The van der Waals surface area contributed by atoms with Gasteiger partial charge in [0.05, 0.1) is 0 Å². The van der Waals surface area contributed by atoms with E-state index in [4.69, 9.17) is 14.2 Å². The Labute approximate surface area is 388 Å². The van der Waals surface area contributed by atoms with Gasteiger partial charge in [0.1, 0.15) is 13.2 Å². The molecular formula is C57H96O6. The van der Waals surface area contributed by atoms with Crippen LogP contribution in [-0.2, 0) is 28.6 Å². The molecule has 0 saturated carbocycles. The average Bonchev–Trinajstić information content (AvgIpc) is 3.28. The summed E-state index contributed by atoms with van der Waals surface area (Å²) in [4.78, 5) is 37.9. The molecule has 63 heavy (non-hydrogen) atoms. The van der Waals surface area contributed by atoms with Crippen LogP contribution in [-0.4, -0.2) is 37.2 Å². The minimum atomic E-state index is -0.831. The maximum absolute atomic E-state index is 12.7. The third-order valence-corrected chi connectivity index (χ3v) is 10.9. The molecule has 6 heteroatoms. The van der Waals surface area contributed by atoms with E-state index in [9.17, 15) is 14.4 Å². The van der Waals surface area contributed by atoms with Crippen LogP contribution in [0.5, 0.6) is 0 Å². The Kier molecular flexibility index (Phi) is 48.5. The molecular weight excluding hydrogens is 781 g/mol. The molecule has 0 aliphatic carbocycles. The van der Waals surface area contributed by atoms with Crippen LogP contribution in [0.4, 0.5) is 0 Å². The number of carbonyl (C=O) groups is 3. The lowest BCUT2D eigenvalue weighted by Crippen LogP contribution is -2.30. The van der Waals surface area contributed by atoms with E-state index in [0.717, 1.165) is 64.2 Å². The van der Waals surface area contributed by atoms with Gasteiger partial charge in [0.15, 0.2) is 6.10 Å². The zero-order valence-corrected chi connectivity index (χ0v) is 41.1. The highest BCUT2D eigenvalue weighted by Crippen LogP contribution is 2.13. The highest BCUT2D eigenvalue weighted by molar-refractivity contribution is 5.71. The van der Waals surface area contributed by atoms with Crippen molar-refractivity contribution in [2.45, 2.75) is 245 Å². The highest BCUT2D eigenvalue weighted by atomic mass is 16.6. The Hall–Kier alpha value is -3.41. The van der Waals surface area contributed by atoms with Crippen molar-refractivity contribution >= 4 is 17.9 Å². The molecule has 360 valence electrons. The fourth-order valence-electron chi connectivity index (χ4n) is 6.97. The van der Waals surface area contributed by atoms with Gasteiger partial charge in [0.25, 0.3) is 0 Å². The smallest absolute Gasteiger partial charge is 0.306 e. The van der Waals surface area contributed by atoms with Gasteiger partial charge in [-0.05, 0) is 89.9 Å². The first-order valence-corrected chi connectivity index (χ1v) is 26.1. The number of hydrogen-bond acceptors (Lipinski definition) is 6. The Bertz CT molecular complexity index is 1240. The lowest BCUT2D eigenvalue weighted by Gasteiger charge is -2.18. The first kappa shape index (κ1) is 59.6. The summed E-state index contributed by atoms with van der Waals surface area (Å²) in [7, 11) is 0.